The summed E-state index contributed by atoms with van der Waals surface area (Å²) in [4.78, 5) is 9.36. The molecular formula is C17H21N3S. The third-order valence-corrected chi connectivity index (χ3v) is 4.62. The molecule has 0 saturated heterocycles. The number of nitrogens with zero attached hydrogens (tertiary/aromatic N) is 2. The SMILES string of the molecule is CCNc1cc(SCc2ccccc2C)nc(C2CC2)n1. The van der Waals surface area contributed by atoms with Crippen molar-refractivity contribution in [1.29, 1.82) is 0 Å². The minimum Gasteiger partial charge on any atom is -0.370 e. The zero-order chi connectivity index (χ0) is 14.7. The fourth-order valence-electron chi connectivity index (χ4n) is 2.24. The average molecular weight is 299 g/mol. The highest BCUT2D eigenvalue weighted by Crippen LogP contribution is 2.39. The van der Waals surface area contributed by atoms with Crippen LogP contribution in [0.5, 0.6) is 0 Å². The number of aromatic nitrogens is 2. The van der Waals surface area contributed by atoms with Crippen molar-refractivity contribution in [3.05, 3.63) is 47.3 Å². The van der Waals surface area contributed by atoms with Crippen LogP contribution in [0.15, 0.2) is 35.4 Å². The lowest BCUT2D eigenvalue weighted by molar-refractivity contribution is 0.876. The van der Waals surface area contributed by atoms with Gasteiger partial charge in [-0.2, -0.15) is 0 Å². The van der Waals surface area contributed by atoms with Crippen molar-refractivity contribution in [2.24, 2.45) is 0 Å². The molecule has 0 aliphatic heterocycles. The smallest absolute Gasteiger partial charge is 0.135 e. The maximum absolute atomic E-state index is 4.73. The summed E-state index contributed by atoms with van der Waals surface area (Å²) in [5.41, 5.74) is 2.72. The van der Waals surface area contributed by atoms with Gasteiger partial charge in [0.05, 0.1) is 0 Å². The third kappa shape index (κ3) is 3.76. The van der Waals surface area contributed by atoms with E-state index in [9.17, 15) is 0 Å². The zero-order valence-corrected chi connectivity index (χ0v) is 13.4. The van der Waals surface area contributed by atoms with Gasteiger partial charge >= 0.3 is 0 Å². The van der Waals surface area contributed by atoms with E-state index in [4.69, 9.17) is 4.98 Å². The van der Waals surface area contributed by atoms with E-state index in [0.717, 1.165) is 29.0 Å². The monoisotopic (exact) mass is 299 g/mol. The van der Waals surface area contributed by atoms with Gasteiger partial charge in [0, 0.05) is 24.3 Å². The van der Waals surface area contributed by atoms with E-state index in [1.54, 1.807) is 11.8 Å². The summed E-state index contributed by atoms with van der Waals surface area (Å²) in [5.74, 6) is 3.52. The Morgan fingerprint density at radius 3 is 2.76 bits per heavy atom. The first-order valence-electron chi connectivity index (χ1n) is 7.56. The van der Waals surface area contributed by atoms with E-state index in [2.05, 4.69) is 54.5 Å². The number of hydrogen-bond acceptors (Lipinski definition) is 4. The predicted octanol–water partition coefficient (Wildman–Crippen LogP) is 4.39. The Bertz CT molecular complexity index is 623. The Morgan fingerprint density at radius 1 is 1.24 bits per heavy atom. The normalized spacial score (nSPS) is 14.2. The summed E-state index contributed by atoms with van der Waals surface area (Å²) in [6.45, 7) is 5.15. The first kappa shape index (κ1) is 14.4. The van der Waals surface area contributed by atoms with Crippen LogP contribution in [0.4, 0.5) is 5.82 Å². The van der Waals surface area contributed by atoms with Gasteiger partial charge in [0.25, 0.3) is 0 Å². The minimum atomic E-state index is 0.585. The molecule has 0 spiro atoms. The summed E-state index contributed by atoms with van der Waals surface area (Å²) in [6, 6.07) is 10.6. The Kier molecular flexibility index (Phi) is 4.44. The molecule has 4 heteroatoms. The highest BCUT2D eigenvalue weighted by Gasteiger charge is 2.27. The molecule has 2 aromatic rings. The third-order valence-electron chi connectivity index (χ3n) is 3.66. The molecule has 1 aliphatic rings. The van der Waals surface area contributed by atoms with Crippen molar-refractivity contribution in [3.8, 4) is 0 Å². The van der Waals surface area contributed by atoms with Crippen LogP contribution in [0.1, 0.15) is 42.6 Å². The fraction of sp³-hybridized carbons (Fsp3) is 0.412. The fourth-order valence-corrected chi connectivity index (χ4v) is 3.22. The molecule has 1 aromatic carbocycles. The highest BCUT2D eigenvalue weighted by molar-refractivity contribution is 7.98. The van der Waals surface area contributed by atoms with Crippen LogP contribution in [0, 0.1) is 6.92 Å². The molecule has 110 valence electrons. The Morgan fingerprint density at radius 2 is 2.05 bits per heavy atom. The molecule has 1 saturated carbocycles. The van der Waals surface area contributed by atoms with Crippen molar-refractivity contribution in [3.63, 3.8) is 0 Å². The van der Waals surface area contributed by atoms with E-state index < -0.39 is 0 Å². The van der Waals surface area contributed by atoms with Crippen molar-refractivity contribution < 1.29 is 0 Å². The number of aryl methyl sites for hydroxylation is 1. The van der Waals surface area contributed by atoms with Gasteiger partial charge in [0.15, 0.2) is 0 Å². The molecule has 21 heavy (non-hydrogen) atoms. The molecule has 3 rings (SSSR count). The summed E-state index contributed by atoms with van der Waals surface area (Å²) >= 11 is 1.80. The van der Waals surface area contributed by atoms with Gasteiger partial charge in [-0.1, -0.05) is 24.3 Å². The van der Waals surface area contributed by atoms with Gasteiger partial charge in [0.2, 0.25) is 0 Å². The topological polar surface area (TPSA) is 37.8 Å². The van der Waals surface area contributed by atoms with Gasteiger partial charge in [-0.05, 0) is 37.8 Å². The van der Waals surface area contributed by atoms with E-state index in [0.29, 0.717) is 5.92 Å². The van der Waals surface area contributed by atoms with Crippen molar-refractivity contribution in [2.75, 3.05) is 11.9 Å². The highest BCUT2D eigenvalue weighted by atomic mass is 32.2. The van der Waals surface area contributed by atoms with Crippen LogP contribution in [0.3, 0.4) is 0 Å². The summed E-state index contributed by atoms with van der Waals surface area (Å²) in [6.07, 6.45) is 2.47. The van der Waals surface area contributed by atoms with Crippen molar-refractivity contribution >= 4 is 17.6 Å². The van der Waals surface area contributed by atoms with Crippen LogP contribution in [0.2, 0.25) is 0 Å². The van der Waals surface area contributed by atoms with Gasteiger partial charge in [0.1, 0.15) is 16.7 Å². The summed E-state index contributed by atoms with van der Waals surface area (Å²) < 4.78 is 0. The lowest BCUT2D eigenvalue weighted by atomic mass is 10.1. The van der Waals surface area contributed by atoms with Gasteiger partial charge in [-0.25, -0.2) is 9.97 Å². The van der Waals surface area contributed by atoms with Crippen LogP contribution in [-0.4, -0.2) is 16.5 Å². The molecule has 0 amide bonds. The van der Waals surface area contributed by atoms with Gasteiger partial charge in [-0.15, -0.1) is 11.8 Å². The van der Waals surface area contributed by atoms with Crippen molar-refractivity contribution in [1.82, 2.24) is 9.97 Å². The molecule has 1 aromatic heterocycles. The second-order valence-corrected chi connectivity index (χ2v) is 6.47. The van der Waals surface area contributed by atoms with Crippen LogP contribution in [0.25, 0.3) is 0 Å². The van der Waals surface area contributed by atoms with Gasteiger partial charge < -0.3 is 5.32 Å². The first-order chi connectivity index (χ1) is 10.3. The van der Waals surface area contributed by atoms with Gasteiger partial charge in [-0.3, -0.25) is 0 Å². The molecule has 1 fully saturated rings. The second kappa shape index (κ2) is 6.48. The zero-order valence-electron chi connectivity index (χ0n) is 12.6. The molecule has 1 heterocycles. The quantitative estimate of drug-likeness (QED) is 0.634. The average Bonchev–Trinajstić information content (AvgIpc) is 3.31. The number of nitrogens with one attached hydrogen (secondary N) is 1. The maximum atomic E-state index is 4.73. The van der Waals surface area contributed by atoms with Crippen molar-refractivity contribution in [2.45, 2.75) is 43.4 Å². The Hall–Kier alpha value is -1.55. The predicted molar refractivity (Wildman–Crippen MR) is 88.9 cm³/mol. The molecule has 0 radical (unpaired) electrons. The Labute approximate surface area is 130 Å². The molecule has 0 atom stereocenters. The molecular weight excluding hydrogens is 278 g/mol. The van der Waals surface area contributed by atoms with E-state index in [1.165, 1.54) is 24.0 Å². The minimum absolute atomic E-state index is 0.585. The summed E-state index contributed by atoms with van der Waals surface area (Å²) in [7, 11) is 0. The standard InChI is InChI=1S/C17H21N3S/c1-3-18-15-10-16(20-17(19-15)13-8-9-13)21-11-14-7-5-4-6-12(14)2/h4-7,10,13H,3,8-9,11H2,1-2H3,(H,18,19,20). The maximum Gasteiger partial charge on any atom is 0.135 e. The van der Waals surface area contributed by atoms with E-state index in [1.807, 2.05) is 0 Å². The lowest BCUT2D eigenvalue weighted by Gasteiger charge is -2.09. The first-order valence-corrected chi connectivity index (χ1v) is 8.55. The molecule has 1 aliphatic carbocycles. The largest absolute Gasteiger partial charge is 0.370 e. The second-order valence-electron chi connectivity index (χ2n) is 5.47. The number of hydrogen-bond donors (Lipinski definition) is 1. The molecule has 0 bridgehead atoms. The molecule has 3 nitrogen and oxygen atoms in total. The summed E-state index contributed by atoms with van der Waals surface area (Å²) in [5, 5.41) is 4.39. The number of thioether (sulfide) groups is 1. The number of benzene rings is 1. The number of rotatable bonds is 6. The number of anilines is 1. The lowest BCUT2D eigenvalue weighted by Crippen LogP contribution is -2.03. The molecule has 0 unspecified atom stereocenters. The van der Waals surface area contributed by atoms with E-state index >= 15 is 0 Å². The van der Waals surface area contributed by atoms with Crippen LogP contribution >= 0.6 is 11.8 Å². The Balaban J connectivity index is 1.76. The van der Waals surface area contributed by atoms with E-state index in [-0.39, 0.29) is 0 Å². The molecule has 1 N–H and O–H groups in total. The van der Waals surface area contributed by atoms with Crippen LogP contribution < -0.4 is 5.32 Å². The van der Waals surface area contributed by atoms with Crippen LogP contribution in [-0.2, 0) is 5.75 Å².